The number of fused-ring (bicyclic) bond motifs is 2. The van der Waals surface area contributed by atoms with Crippen molar-refractivity contribution in [2.75, 3.05) is 24.9 Å². The highest BCUT2D eigenvalue weighted by molar-refractivity contribution is 6.07. The summed E-state index contributed by atoms with van der Waals surface area (Å²) in [6.45, 7) is 0.630. The Bertz CT molecular complexity index is 1350. The number of anilines is 2. The van der Waals surface area contributed by atoms with Crippen molar-refractivity contribution >= 4 is 23.3 Å². The third-order valence-corrected chi connectivity index (χ3v) is 5.87. The molecule has 1 aliphatic rings. The summed E-state index contributed by atoms with van der Waals surface area (Å²) in [6, 6.07) is 17.0. The molecule has 0 radical (unpaired) electrons. The fraction of sp³-hybridized carbons (Fsp3) is 0.154. The molecule has 2 aromatic heterocycles. The van der Waals surface area contributed by atoms with Crippen LogP contribution in [0.25, 0.3) is 0 Å². The van der Waals surface area contributed by atoms with Gasteiger partial charge in [0.15, 0.2) is 11.7 Å². The molecule has 0 saturated carbocycles. The molecule has 8 nitrogen and oxygen atoms in total. The van der Waals surface area contributed by atoms with Crippen molar-refractivity contribution in [2.24, 2.45) is 0 Å². The largest absolute Gasteiger partial charge is 0.497 e. The average molecular weight is 457 g/mol. The number of nitrogens with zero attached hydrogens (tertiary/aromatic N) is 1. The fourth-order valence-corrected chi connectivity index (χ4v) is 4.08. The second-order valence-corrected chi connectivity index (χ2v) is 7.88. The monoisotopic (exact) mass is 457 g/mol. The number of carbonyl (C=O) groups is 2. The highest BCUT2D eigenvalue weighted by Crippen LogP contribution is 2.32. The molecule has 5 rings (SSSR count). The van der Waals surface area contributed by atoms with Crippen LogP contribution in [0.3, 0.4) is 0 Å². The van der Waals surface area contributed by atoms with E-state index in [1.165, 1.54) is 7.11 Å². The number of methoxy groups -OCH3 is 2. The molecule has 34 heavy (non-hydrogen) atoms. The summed E-state index contributed by atoms with van der Waals surface area (Å²) in [6.07, 6.45) is 3.56. The lowest BCUT2D eigenvalue weighted by Gasteiger charge is -2.17. The lowest BCUT2D eigenvalue weighted by Crippen LogP contribution is -2.22. The maximum absolute atomic E-state index is 13.4. The summed E-state index contributed by atoms with van der Waals surface area (Å²) < 4.78 is 18.1. The number of carbonyl (C=O) groups excluding carboxylic acids is 2. The van der Waals surface area contributed by atoms with Crippen molar-refractivity contribution in [3.8, 4) is 11.5 Å². The van der Waals surface area contributed by atoms with E-state index < -0.39 is 6.04 Å². The summed E-state index contributed by atoms with van der Waals surface area (Å²) in [5.74, 6) is 1.17. The van der Waals surface area contributed by atoms with Gasteiger partial charge in [0.1, 0.15) is 17.5 Å². The van der Waals surface area contributed by atoms with Gasteiger partial charge in [-0.1, -0.05) is 0 Å². The highest BCUT2D eigenvalue weighted by atomic mass is 16.5. The van der Waals surface area contributed by atoms with Gasteiger partial charge in [-0.3, -0.25) is 9.59 Å². The van der Waals surface area contributed by atoms with Gasteiger partial charge in [-0.25, -0.2) is 0 Å². The van der Waals surface area contributed by atoms with Gasteiger partial charge in [0.25, 0.3) is 5.91 Å². The number of hydrogen-bond donors (Lipinski definition) is 2. The van der Waals surface area contributed by atoms with Crippen molar-refractivity contribution in [2.45, 2.75) is 12.6 Å². The molecule has 4 aromatic rings. The lowest BCUT2D eigenvalue weighted by atomic mass is 10.0. The van der Waals surface area contributed by atoms with Crippen LogP contribution in [0.4, 0.5) is 11.6 Å². The quantitative estimate of drug-likeness (QED) is 0.406. The number of Topliss-reactive ketones (excluding diaryl/α,β-unsaturated/α-hetero) is 1. The van der Waals surface area contributed by atoms with Gasteiger partial charge in [-0.2, -0.15) is 0 Å². The van der Waals surface area contributed by atoms with E-state index in [4.69, 9.17) is 13.9 Å². The SMILES string of the molecule is COc1ccc(C(=O)Nc2ccc(C(=O)C3Nc4occc4Cn4cccc43)cc2)c(OC)c1. The van der Waals surface area contributed by atoms with Gasteiger partial charge in [0, 0.05) is 34.8 Å². The van der Waals surface area contributed by atoms with Gasteiger partial charge in [-0.15, -0.1) is 0 Å². The Morgan fingerprint density at radius 1 is 1.06 bits per heavy atom. The van der Waals surface area contributed by atoms with Crippen LogP contribution in [0.5, 0.6) is 11.5 Å². The maximum Gasteiger partial charge on any atom is 0.259 e. The standard InChI is InChI=1S/C26H23N3O5/c1-32-19-9-10-20(22(14-19)33-2)25(31)27-18-7-5-16(6-8-18)24(30)23-21-4-3-12-29(21)15-17-11-13-34-26(17)28-23/h3-14,23,28H,15H2,1-2H3,(H,27,31). The molecular weight excluding hydrogens is 434 g/mol. The first-order valence-electron chi connectivity index (χ1n) is 10.7. The highest BCUT2D eigenvalue weighted by Gasteiger charge is 2.29. The van der Waals surface area contributed by atoms with Gasteiger partial charge < -0.3 is 29.1 Å². The molecule has 0 saturated heterocycles. The van der Waals surface area contributed by atoms with E-state index in [-0.39, 0.29) is 11.7 Å². The number of ketones is 1. The van der Waals surface area contributed by atoms with E-state index in [1.54, 1.807) is 55.8 Å². The summed E-state index contributed by atoms with van der Waals surface area (Å²) >= 11 is 0. The third-order valence-electron chi connectivity index (χ3n) is 5.87. The molecule has 2 aromatic carbocycles. The molecule has 0 fully saturated rings. The van der Waals surface area contributed by atoms with Gasteiger partial charge >= 0.3 is 0 Å². The van der Waals surface area contributed by atoms with E-state index in [0.29, 0.717) is 40.7 Å². The van der Waals surface area contributed by atoms with Crippen LogP contribution in [0, 0.1) is 0 Å². The zero-order valence-electron chi connectivity index (χ0n) is 18.7. The van der Waals surface area contributed by atoms with Gasteiger partial charge in [0.2, 0.25) is 0 Å². The summed E-state index contributed by atoms with van der Waals surface area (Å²) in [4.78, 5) is 26.2. The molecule has 0 aliphatic carbocycles. The van der Waals surface area contributed by atoms with E-state index in [2.05, 4.69) is 10.6 Å². The topological polar surface area (TPSA) is 94.7 Å². The Morgan fingerprint density at radius 2 is 1.88 bits per heavy atom. The lowest BCUT2D eigenvalue weighted by molar-refractivity contribution is 0.0965. The molecule has 1 aliphatic heterocycles. The average Bonchev–Trinajstić information content (AvgIpc) is 3.49. The number of nitrogens with one attached hydrogen (secondary N) is 2. The first-order valence-corrected chi connectivity index (χ1v) is 10.7. The van der Waals surface area contributed by atoms with Crippen molar-refractivity contribution < 1.29 is 23.5 Å². The number of rotatable bonds is 6. The molecule has 2 N–H and O–H groups in total. The van der Waals surface area contributed by atoms with Crippen molar-refractivity contribution in [3.05, 3.63) is 95.5 Å². The summed E-state index contributed by atoms with van der Waals surface area (Å²) in [5, 5.41) is 6.08. The van der Waals surface area contributed by atoms with Crippen LogP contribution in [0.2, 0.25) is 0 Å². The fourth-order valence-electron chi connectivity index (χ4n) is 4.08. The maximum atomic E-state index is 13.4. The molecule has 172 valence electrons. The number of furan rings is 1. The van der Waals surface area contributed by atoms with Crippen molar-refractivity contribution in [3.63, 3.8) is 0 Å². The van der Waals surface area contributed by atoms with E-state index in [1.807, 2.05) is 29.0 Å². The van der Waals surface area contributed by atoms with Crippen LogP contribution in [0.1, 0.15) is 38.0 Å². The number of aromatic nitrogens is 1. The Labute approximate surface area is 196 Å². The second-order valence-electron chi connectivity index (χ2n) is 7.88. The van der Waals surface area contributed by atoms with Crippen molar-refractivity contribution in [1.29, 1.82) is 0 Å². The van der Waals surface area contributed by atoms with Crippen LogP contribution in [-0.2, 0) is 6.54 Å². The number of amides is 1. The van der Waals surface area contributed by atoms with Crippen LogP contribution in [-0.4, -0.2) is 30.5 Å². The summed E-state index contributed by atoms with van der Waals surface area (Å²) in [7, 11) is 3.04. The molecule has 8 heteroatoms. The molecule has 1 amide bonds. The molecule has 3 heterocycles. The van der Waals surface area contributed by atoms with Crippen molar-refractivity contribution in [1.82, 2.24) is 4.57 Å². The van der Waals surface area contributed by atoms with Gasteiger partial charge in [-0.05, 0) is 54.6 Å². The zero-order valence-corrected chi connectivity index (χ0v) is 18.7. The minimum absolute atomic E-state index is 0.0982. The third kappa shape index (κ3) is 3.90. The Morgan fingerprint density at radius 3 is 2.65 bits per heavy atom. The Balaban J connectivity index is 1.35. The minimum Gasteiger partial charge on any atom is -0.497 e. The Hall–Kier alpha value is -4.46. The van der Waals surface area contributed by atoms with E-state index in [0.717, 1.165) is 11.3 Å². The first-order chi connectivity index (χ1) is 16.6. The molecule has 0 spiro atoms. The Kier molecular flexibility index (Phi) is 5.55. The summed E-state index contributed by atoms with van der Waals surface area (Å²) in [5.41, 5.74) is 3.30. The predicted octanol–water partition coefficient (Wildman–Crippen LogP) is 4.75. The number of hydrogen-bond acceptors (Lipinski definition) is 6. The number of benzene rings is 2. The zero-order chi connectivity index (χ0) is 23.7. The smallest absolute Gasteiger partial charge is 0.259 e. The molecule has 1 atom stereocenters. The first kappa shape index (κ1) is 21.4. The predicted molar refractivity (Wildman–Crippen MR) is 127 cm³/mol. The van der Waals surface area contributed by atoms with E-state index in [9.17, 15) is 9.59 Å². The minimum atomic E-state index is -0.591. The van der Waals surface area contributed by atoms with Crippen LogP contribution in [0.15, 0.2) is 77.5 Å². The van der Waals surface area contributed by atoms with Gasteiger partial charge in [0.05, 0.1) is 32.6 Å². The van der Waals surface area contributed by atoms with Crippen LogP contribution < -0.4 is 20.1 Å². The molecule has 1 unspecified atom stereocenters. The van der Waals surface area contributed by atoms with Crippen LogP contribution >= 0.6 is 0 Å². The molecule has 0 bridgehead atoms. The molecular formula is C26H23N3O5. The number of ether oxygens (including phenoxy) is 2. The van der Waals surface area contributed by atoms with E-state index >= 15 is 0 Å². The second kappa shape index (κ2) is 8.82. The normalized spacial score (nSPS) is 14.2.